The van der Waals surface area contributed by atoms with Gasteiger partial charge in [0.1, 0.15) is 21.4 Å². The molecule has 7 nitrogen and oxygen atoms in total. The van der Waals surface area contributed by atoms with Crippen LogP contribution in [-0.2, 0) is 10.0 Å². The average Bonchev–Trinajstić information content (AvgIpc) is 2.62. The molecule has 0 aromatic heterocycles. The van der Waals surface area contributed by atoms with Gasteiger partial charge in [0.15, 0.2) is 5.75 Å². The van der Waals surface area contributed by atoms with Gasteiger partial charge in [-0.25, -0.2) is 0 Å². The SMILES string of the molecule is COc1ccc(Cl)cc1S(=O)(=O)N/N=C/c1cc(Cl)c(OC)c(Cl)c1OC. The lowest BCUT2D eigenvalue weighted by Gasteiger charge is -2.12. The molecule has 0 radical (unpaired) electrons. The molecule has 0 amide bonds. The van der Waals surface area contributed by atoms with Crippen LogP contribution in [0, 0.1) is 0 Å². The molecule has 146 valence electrons. The number of nitrogens with zero attached hydrogens (tertiary/aromatic N) is 1. The highest BCUT2D eigenvalue weighted by atomic mass is 35.5. The van der Waals surface area contributed by atoms with E-state index in [-0.39, 0.29) is 37.2 Å². The quantitative estimate of drug-likeness (QED) is 0.506. The Morgan fingerprint density at radius 2 is 1.67 bits per heavy atom. The summed E-state index contributed by atoms with van der Waals surface area (Å²) >= 11 is 18.1. The maximum atomic E-state index is 12.5. The Bertz CT molecular complexity index is 981. The molecule has 0 bridgehead atoms. The van der Waals surface area contributed by atoms with E-state index in [0.29, 0.717) is 5.56 Å². The number of methoxy groups -OCH3 is 3. The van der Waals surface area contributed by atoms with E-state index in [2.05, 4.69) is 9.93 Å². The maximum Gasteiger partial charge on any atom is 0.280 e. The fourth-order valence-electron chi connectivity index (χ4n) is 2.17. The van der Waals surface area contributed by atoms with Crippen LogP contribution >= 0.6 is 34.8 Å². The van der Waals surface area contributed by atoms with E-state index in [9.17, 15) is 8.42 Å². The van der Waals surface area contributed by atoms with E-state index in [0.717, 1.165) is 0 Å². The number of halogens is 3. The minimum atomic E-state index is -4.04. The highest BCUT2D eigenvalue weighted by molar-refractivity contribution is 7.89. The van der Waals surface area contributed by atoms with Gasteiger partial charge in [-0.2, -0.15) is 18.4 Å². The van der Waals surface area contributed by atoms with Gasteiger partial charge in [-0.05, 0) is 24.3 Å². The smallest absolute Gasteiger partial charge is 0.280 e. The summed E-state index contributed by atoms with van der Waals surface area (Å²) in [6, 6.07) is 5.67. The molecule has 0 heterocycles. The molecule has 0 fully saturated rings. The fraction of sp³-hybridized carbons (Fsp3) is 0.188. The van der Waals surface area contributed by atoms with Crippen molar-refractivity contribution in [2.75, 3.05) is 21.3 Å². The van der Waals surface area contributed by atoms with Gasteiger partial charge in [0.25, 0.3) is 10.0 Å². The topological polar surface area (TPSA) is 86.2 Å². The molecule has 0 unspecified atom stereocenters. The summed E-state index contributed by atoms with van der Waals surface area (Å²) in [6.45, 7) is 0. The molecule has 2 aromatic rings. The van der Waals surface area contributed by atoms with Crippen molar-refractivity contribution >= 4 is 51.0 Å². The summed E-state index contributed by atoms with van der Waals surface area (Å²) in [5.74, 6) is 0.577. The average molecular weight is 454 g/mol. The van der Waals surface area contributed by atoms with Gasteiger partial charge in [0.05, 0.1) is 32.6 Å². The van der Waals surface area contributed by atoms with Crippen LogP contribution in [0.1, 0.15) is 5.56 Å². The van der Waals surface area contributed by atoms with E-state index < -0.39 is 10.0 Å². The summed E-state index contributed by atoms with van der Waals surface area (Å²) in [7, 11) is 0.113. The van der Waals surface area contributed by atoms with Crippen molar-refractivity contribution in [3.8, 4) is 17.2 Å². The minimum absolute atomic E-state index is 0.121. The summed E-state index contributed by atoms with van der Waals surface area (Å²) in [5, 5.41) is 4.32. The van der Waals surface area contributed by atoms with Crippen LogP contribution in [0.3, 0.4) is 0 Å². The van der Waals surface area contributed by atoms with Crippen LogP contribution in [0.4, 0.5) is 0 Å². The van der Waals surface area contributed by atoms with E-state index in [1.165, 1.54) is 51.8 Å². The van der Waals surface area contributed by atoms with Crippen LogP contribution in [0.15, 0.2) is 34.3 Å². The van der Waals surface area contributed by atoms with Crippen LogP contribution in [0.25, 0.3) is 0 Å². The third kappa shape index (κ3) is 4.70. The van der Waals surface area contributed by atoms with Gasteiger partial charge in [0.2, 0.25) is 0 Å². The largest absolute Gasteiger partial charge is 0.495 e. The number of hydrogen-bond acceptors (Lipinski definition) is 6. The standard InChI is InChI=1S/C16H15Cl3N2O5S/c1-24-12-5-4-10(17)7-13(12)27(22,23)21-20-8-9-6-11(18)16(26-3)14(19)15(9)25-2/h4-8,21H,1-3H3/b20-8+. The van der Waals surface area contributed by atoms with Crippen molar-refractivity contribution in [2.45, 2.75) is 4.90 Å². The Balaban J connectivity index is 2.36. The molecule has 0 aliphatic carbocycles. The molecule has 11 heteroatoms. The third-order valence-electron chi connectivity index (χ3n) is 3.36. The predicted molar refractivity (Wildman–Crippen MR) is 105 cm³/mol. The highest BCUT2D eigenvalue weighted by Crippen LogP contribution is 2.41. The summed E-state index contributed by atoms with van der Waals surface area (Å²) in [6.07, 6.45) is 1.20. The van der Waals surface area contributed by atoms with Gasteiger partial charge >= 0.3 is 0 Å². The van der Waals surface area contributed by atoms with Crippen molar-refractivity contribution in [3.05, 3.63) is 44.9 Å². The first-order valence-corrected chi connectivity index (χ1v) is 9.85. The number of benzene rings is 2. The lowest BCUT2D eigenvalue weighted by molar-refractivity contribution is 0.394. The molecule has 0 aliphatic rings. The lowest BCUT2D eigenvalue weighted by Crippen LogP contribution is -2.19. The normalized spacial score (nSPS) is 11.5. The number of hydrazone groups is 1. The first-order valence-electron chi connectivity index (χ1n) is 7.23. The van der Waals surface area contributed by atoms with E-state index in [1.54, 1.807) is 0 Å². The van der Waals surface area contributed by atoms with Gasteiger partial charge in [0, 0.05) is 10.6 Å². The molecule has 2 aromatic carbocycles. The monoisotopic (exact) mass is 452 g/mol. The Morgan fingerprint density at radius 3 is 2.26 bits per heavy atom. The van der Waals surface area contributed by atoms with Gasteiger partial charge < -0.3 is 14.2 Å². The molecule has 2 rings (SSSR count). The zero-order chi connectivity index (χ0) is 20.2. The molecule has 1 N–H and O–H groups in total. The third-order valence-corrected chi connectivity index (χ3v) is 5.46. The van der Waals surface area contributed by atoms with Crippen LogP contribution in [-0.4, -0.2) is 36.0 Å². The van der Waals surface area contributed by atoms with Crippen molar-refractivity contribution in [1.82, 2.24) is 4.83 Å². The lowest BCUT2D eigenvalue weighted by atomic mass is 10.2. The Labute approximate surface area is 171 Å². The summed E-state index contributed by atoms with van der Waals surface area (Å²) in [5.41, 5.74) is 0.342. The minimum Gasteiger partial charge on any atom is -0.495 e. The van der Waals surface area contributed by atoms with Crippen molar-refractivity contribution in [1.29, 1.82) is 0 Å². The van der Waals surface area contributed by atoms with Crippen LogP contribution in [0.2, 0.25) is 15.1 Å². The molecular formula is C16H15Cl3N2O5S. The van der Waals surface area contributed by atoms with Crippen molar-refractivity contribution < 1.29 is 22.6 Å². The second kappa shape index (κ2) is 8.88. The summed E-state index contributed by atoms with van der Waals surface area (Å²) < 4.78 is 40.3. The molecule has 0 aliphatic heterocycles. The van der Waals surface area contributed by atoms with Gasteiger partial charge in [-0.15, -0.1) is 0 Å². The number of sulfonamides is 1. The first kappa shape index (κ1) is 21.4. The number of nitrogens with one attached hydrogen (secondary N) is 1. The van der Waals surface area contributed by atoms with E-state index in [4.69, 9.17) is 49.0 Å². The molecular weight excluding hydrogens is 439 g/mol. The zero-order valence-corrected chi connectivity index (χ0v) is 17.5. The van der Waals surface area contributed by atoms with Crippen molar-refractivity contribution in [3.63, 3.8) is 0 Å². The second-order valence-corrected chi connectivity index (χ2v) is 7.83. The Kier molecular flexibility index (Phi) is 7.05. The predicted octanol–water partition coefficient (Wildman–Crippen LogP) is 3.99. The Morgan fingerprint density at radius 1 is 1.00 bits per heavy atom. The number of rotatable bonds is 7. The van der Waals surface area contributed by atoms with E-state index >= 15 is 0 Å². The fourth-order valence-corrected chi connectivity index (χ4v) is 4.10. The molecule has 0 saturated carbocycles. The number of hydrogen-bond donors (Lipinski definition) is 1. The summed E-state index contributed by atoms with van der Waals surface area (Å²) in [4.78, 5) is 1.91. The van der Waals surface area contributed by atoms with E-state index in [1.807, 2.05) is 0 Å². The van der Waals surface area contributed by atoms with Crippen molar-refractivity contribution in [2.24, 2.45) is 5.10 Å². The Hall–Kier alpha value is -1.87. The van der Waals surface area contributed by atoms with Gasteiger partial charge in [-0.3, -0.25) is 0 Å². The molecule has 0 atom stereocenters. The van der Waals surface area contributed by atoms with Crippen LogP contribution < -0.4 is 19.0 Å². The maximum absolute atomic E-state index is 12.5. The second-order valence-electron chi connectivity index (χ2n) is 4.98. The van der Waals surface area contributed by atoms with Gasteiger partial charge in [-0.1, -0.05) is 34.8 Å². The first-order chi connectivity index (χ1) is 12.7. The van der Waals surface area contributed by atoms with Crippen LogP contribution in [0.5, 0.6) is 17.2 Å². The highest BCUT2D eigenvalue weighted by Gasteiger charge is 2.20. The number of ether oxygens (including phenoxy) is 3. The molecule has 0 spiro atoms. The zero-order valence-electron chi connectivity index (χ0n) is 14.4. The molecule has 27 heavy (non-hydrogen) atoms. The molecule has 0 saturated heterocycles.